The van der Waals surface area contributed by atoms with Gasteiger partial charge in [-0.25, -0.2) is 0 Å². The summed E-state index contributed by atoms with van der Waals surface area (Å²) in [5, 5.41) is 0. The topological polar surface area (TPSA) is 54.6 Å². The van der Waals surface area contributed by atoms with Crippen molar-refractivity contribution in [3.05, 3.63) is 12.1 Å². The van der Waals surface area contributed by atoms with E-state index in [1.165, 1.54) is 25.8 Å². The average molecular weight is 262 g/mol. The maximum atomic E-state index is 6.07. The predicted octanol–water partition coefficient (Wildman–Crippen LogP) is 1.35. The van der Waals surface area contributed by atoms with Gasteiger partial charge in [-0.15, -0.1) is 0 Å². The molecule has 0 aliphatic carbocycles. The summed E-state index contributed by atoms with van der Waals surface area (Å²) in [6, 6.07) is 4.36. The smallest absolute Gasteiger partial charge is 0.215 e. The third-order valence-corrected chi connectivity index (χ3v) is 4.23. The predicted molar refractivity (Wildman–Crippen MR) is 76.6 cm³/mol. The van der Waals surface area contributed by atoms with E-state index in [9.17, 15) is 0 Å². The van der Waals surface area contributed by atoms with Gasteiger partial charge in [0.25, 0.3) is 0 Å². The van der Waals surface area contributed by atoms with Crippen LogP contribution in [0, 0.1) is 0 Å². The number of nitrogens with two attached hydrogens (primary N) is 1. The van der Waals surface area contributed by atoms with Gasteiger partial charge in [-0.1, -0.05) is 6.42 Å². The molecule has 1 atom stereocenters. The zero-order valence-electron chi connectivity index (χ0n) is 11.5. The van der Waals surface area contributed by atoms with E-state index in [-0.39, 0.29) is 0 Å². The third kappa shape index (κ3) is 2.47. The first-order valence-corrected chi connectivity index (χ1v) is 7.07. The van der Waals surface area contributed by atoms with Gasteiger partial charge in [0.1, 0.15) is 0 Å². The van der Waals surface area contributed by atoms with Crippen LogP contribution in [-0.4, -0.2) is 49.2 Å². The molecule has 1 unspecified atom stereocenters. The highest BCUT2D eigenvalue weighted by Gasteiger charge is 2.30. The lowest BCUT2D eigenvalue weighted by Crippen LogP contribution is -2.55. The molecule has 0 spiro atoms. The van der Waals surface area contributed by atoms with E-state index in [0.717, 1.165) is 31.1 Å². The van der Waals surface area contributed by atoms with Crippen molar-refractivity contribution in [2.24, 2.45) is 0 Å². The molecule has 3 rings (SSSR count). The van der Waals surface area contributed by atoms with E-state index >= 15 is 0 Å². The van der Waals surface area contributed by atoms with Crippen LogP contribution in [0.3, 0.4) is 0 Å². The molecule has 0 amide bonds. The number of anilines is 2. The summed E-state index contributed by atoms with van der Waals surface area (Å²) in [5.74, 6) is 1.51. The van der Waals surface area contributed by atoms with Crippen molar-refractivity contribution < 1.29 is 4.74 Å². The fourth-order valence-corrected chi connectivity index (χ4v) is 3.16. The minimum atomic E-state index is 0.635. The zero-order valence-corrected chi connectivity index (χ0v) is 11.5. The Labute approximate surface area is 114 Å². The molecule has 2 fully saturated rings. The van der Waals surface area contributed by atoms with Crippen LogP contribution in [0.1, 0.15) is 19.3 Å². The van der Waals surface area contributed by atoms with Crippen molar-refractivity contribution in [2.75, 3.05) is 43.9 Å². The van der Waals surface area contributed by atoms with Crippen molar-refractivity contribution in [2.45, 2.75) is 25.3 Å². The normalized spacial score (nSPS) is 24.1. The number of pyridine rings is 1. The number of rotatable bonds is 2. The number of ether oxygens (including phenoxy) is 1. The van der Waals surface area contributed by atoms with E-state index in [1.807, 2.05) is 12.1 Å². The van der Waals surface area contributed by atoms with Gasteiger partial charge >= 0.3 is 0 Å². The number of nitrogens with zero attached hydrogens (tertiary/aromatic N) is 3. The maximum absolute atomic E-state index is 6.07. The van der Waals surface area contributed by atoms with Gasteiger partial charge in [0, 0.05) is 31.7 Å². The number of piperazine rings is 1. The van der Waals surface area contributed by atoms with Gasteiger partial charge in [0.15, 0.2) is 5.82 Å². The number of methoxy groups -OCH3 is 1. The molecule has 0 saturated carbocycles. The van der Waals surface area contributed by atoms with E-state index in [4.69, 9.17) is 10.5 Å². The van der Waals surface area contributed by atoms with Crippen LogP contribution in [0.5, 0.6) is 5.88 Å². The van der Waals surface area contributed by atoms with Crippen LogP contribution in [0.15, 0.2) is 12.1 Å². The van der Waals surface area contributed by atoms with Gasteiger partial charge in [-0.3, -0.25) is 4.90 Å². The summed E-state index contributed by atoms with van der Waals surface area (Å²) in [5.41, 5.74) is 6.81. The lowest BCUT2D eigenvalue weighted by molar-refractivity contribution is 0.133. The standard InChI is InChI=1S/C14H22N4O/c1-19-13-6-5-12(15)14(16-13)18-9-8-17-7-3-2-4-11(17)10-18/h5-6,11H,2-4,7-10,15H2,1H3. The summed E-state index contributed by atoms with van der Waals surface area (Å²) in [7, 11) is 1.64. The number of piperidine rings is 1. The molecular formula is C14H22N4O. The molecule has 2 aliphatic rings. The monoisotopic (exact) mass is 262 g/mol. The Kier molecular flexibility index (Phi) is 3.46. The van der Waals surface area contributed by atoms with Gasteiger partial charge < -0.3 is 15.4 Å². The molecule has 1 aromatic heterocycles. The van der Waals surface area contributed by atoms with Crippen molar-refractivity contribution in [3.8, 4) is 5.88 Å². The first kappa shape index (κ1) is 12.5. The highest BCUT2D eigenvalue weighted by Crippen LogP contribution is 2.28. The quantitative estimate of drug-likeness (QED) is 0.872. The van der Waals surface area contributed by atoms with E-state index in [0.29, 0.717) is 11.9 Å². The van der Waals surface area contributed by atoms with E-state index < -0.39 is 0 Å². The van der Waals surface area contributed by atoms with Gasteiger partial charge in [-0.2, -0.15) is 4.98 Å². The van der Waals surface area contributed by atoms with Crippen LogP contribution in [0.25, 0.3) is 0 Å². The molecule has 5 heteroatoms. The van der Waals surface area contributed by atoms with Crippen LogP contribution in [0.4, 0.5) is 11.5 Å². The molecule has 2 aliphatic heterocycles. The number of hydrogen-bond acceptors (Lipinski definition) is 5. The summed E-state index contributed by atoms with van der Waals surface area (Å²) >= 11 is 0. The highest BCUT2D eigenvalue weighted by atomic mass is 16.5. The Hall–Kier alpha value is -1.49. The minimum Gasteiger partial charge on any atom is -0.481 e. The molecule has 0 bridgehead atoms. The lowest BCUT2D eigenvalue weighted by Gasteiger charge is -2.44. The Morgan fingerprint density at radius 1 is 1.26 bits per heavy atom. The first-order valence-electron chi connectivity index (χ1n) is 7.07. The number of hydrogen-bond donors (Lipinski definition) is 1. The first-order chi connectivity index (χ1) is 9.28. The second-order valence-electron chi connectivity index (χ2n) is 5.40. The fraction of sp³-hybridized carbons (Fsp3) is 0.643. The van der Waals surface area contributed by atoms with Gasteiger partial charge in [0.2, 0.25) is 5.88 Å². The Morgan fingerprint density at radius 2 is 2.16 bits per heavy atom. The van der Waals surface area contributed by atoms with E-state index in [2.05, 4.69) is 14.8 Å². The Bertz CT molecular complexity index is 451. The number of aromatic nitrogens is 1. The summed E-state index contributed by atoms with van der Waals surface area (Å²) < 4.78 is 5.20. The van der Waals surface area contributed by atoms with Gasteiger partial charge in [0.05, 0.1) is 12.8 Å². The molecule has 104 valence electrons. The lowest BCUT2D eigenvalue weighted by atomic mass is 9.99. The molecular weight excluding hydrogens is 240 g/mol. The molecule has 5 nitrogen and oxygen atoms in total. The Morgan fingerprint density at radius 3 is 3.00 bits per heavy atom. The molecule has 2 N–H and O–H groups in total. The maximum Gasteiger partial charge on any atom is 0.215 e. The highest BCUT2D eigenvalue weighted by molar-refractivity contribution is 5.64. The molecule has 19 heavy (non-hydrogen) atoms. The van der Waals surface area contributed by atoms with Crippen molar-refractivity contribution >= 4 is 11.5 Å². The molecule has 2 saturated heterocycles. The molecule has 1 aromatic rings. The Balaban J connectivity index is 1.79. The van der Waals surface area contributed by atoms with Crippen LogP contribution >= 0.6 is 0 Å². The summed E-state index contributed by atoms with van der Waals surface area (Å²) in [6.45, 7) is 4.40. The zero-order chi connectivity index (χ0) is 13.2. The van der Waals surface area contributed by atoms with Crippen LogP contribution < -0.4 is 15.4 Å². The second kappa shape index (κ2) is 5.25. The molecule has 0 radical (unpaired) electrons. The van der Waals surface area contributed by atoms with Crippen molar-refractivity contribution in [3.63, 3.8) is 0 Å². The average Bonchev–Trinajstić information content (AvgIpc) is 2.47. The summed E-state index contributed by atoms with van der Waals surface area (Å²) in [4.78, 5) is 9.43. The number of fused-ring (bicyclic) bond motifs is 1. The largest absolute Gasteiger partial charge is 0.481 e. The SMILES string of the molecule is COc1ccc(N)c(N2CCN3CCCCC3C2)n1. The van der Waals surface area contributed by atoms with E-state index in [1.54, 1.807) is 7.11 Å². The summed E-state index contributed by atoms with van der Waals surface area (Å²) in [6.07, 6.45) is 3.98. The number of nitrogen functional groups attached to an aromatic ring is 1. The molecule has 3 heterocycles. The van der Waals surface area contributed by atoms with Crippen LogP contribution in [0.2, 0.25) is 0 Å². The second-order valence-corrected chi connectivity index (χ2v) is 5.40. The van der Waals surface area contributed by atoms with Crippen molar-refractivity contribution in [1.82, 2.24) is 9.88 Å². The fourth-order valence-electron chi connectivity index (χ4n) is 3.16. The third-order valence-electron chi connectivity index (χ3n) is 4.23. The minimum absolute atomic E-state index is 0.635. The molecule has 0 aromatic carbocycles. The van der Waals surface area contributed by atoms with Gasteiger partial charge in [-0.05, 0) is 25.5 Å². The van der Waals surface area contributed by atoms with Crippen LogP contribution in [-0.2, 0) is 0 Å². The van der Waals surface area contributed by atoms with Crippen molar-refractivity contribution in [1.29, 1.82) is 0 Å².